The summed E-state index contributed by atoms with van der Waals surface area (Å²) < 4.78 is 76.8. The van der Waals surface area contributed by atoms with Crippen molar-refractivity contribution in [2.24, 2.45) is 22.1 Å². The number of nitrogens with zero attached hydrogens (tertiary/aromatic N) is 6. The molecular weight excluding hydrogens is 1620 g/mol. The monoisotopic (exact) mass is 1740 g/mol. The van der Waals surface area contributed by atoms with Crippen LogP contribution in [-0.2, 0) is 117 Å². The fourth-order valence-corrected chi connectivity index (χ4v) is 9.90. The van der Waals surface area contributed by atoms with Gasteiger partial charge in [-0.3, -0.25) is 28.8 Å². The number of benzene rings is 4. The van der Waals surface area contributed by atoms with Gasteiger partial charge in [0.2, 0.25) is 23.6 Å². The van der Waals surface area contributed by atoms with Crippen LogP contribution in [-0.4, -0.2) is 211 Å². The molecule has 0 bridgehead atoms. The molecular formula is C82H122F2N14O25. The maximum absolute atomic E-state index is 13.7. The summed E-state index contributed by atoms with van der Waals surface area (Å²) in [6, 6.07) is 28.8. The minimum Gasteiger partial charge on any atom is -0.544 e. The van der Waals surface area contributed by atoms with E-state index in [9.17, 15) is 66.3 Å². The van der Waals surface area contributed by atoms with E-state index in [-0.39, 0.29) is 87.0 Å². The van der Waals surface area contributed by atoms with Gasteiger partial charge in [0.1, 0.15) is 78.1 Å². The average Bonchev–Trinajstić information content (AvgIpc) is 1.44. The fraction of sp³-hybridized carbons (Fsp3) is 0.549. The molecule has 6 atom stereocenters. The zero-order valence-corrected chi connectivity index (χ0v) is 69.1. The first kappa shape index (κ1) is 113. The van der Waals surface area contributed by atoms with E-state index in [1.807, 2.05) is 113 Å². The molecule has 0 aliphatic carbocycles. The Balaban J connectivity index is 0. The molecule has 4 aromatic carbocycles. The van der Waals surface area contributed by atoms with E-state index >= 15 is 0 Å². The standard InChI is InChI=1S/C38H55N7O9.C17H15NO4.C9H13NO5.C7H11NO3.C6H14N4O2.C2H2F2O2.3CH4/c1-26(2)22-31(43-37(50)32(42-27(3)46)23-28-12-14-30(15-13-28)53-25-29-10-8-7-9-11-29)36(49)44-33(24-34(47)54-38(4,5)6)35(48)40-16-18-51-20-21-52-19-17-41-45-39;19-16-15(18-17(20)22-16)10-12-6-8-14(9-7-12)21-11-13-4-2-1-3-5-13;1-9(2,3)15-6(11)4-5-7(12)14-8(13)10-5;1-4(2)3-5-6(9)11-7(10)8-5;7-1-3-11-5-6-12-4-2-9-10-8;3-1(4)2(5)6;;;/h7-15,26,31-33H,16-25H2,1-6H3,(H,40,48)(H,42,46)(H,43,50)(H,44,49);1-9,15H,10-11H2,(H,18,20);5H,4H2,1-3H3,(H,10,13);4-5H,3H2,1-2H3,(H,8,10);1-7H2;1H,(H,5,6);3*1H4/t31-,32-,33-;15-;2*5-;;;;;/m0000...../s1. The summed E-state index contributed by atoms with van der Waals surface area (Å²) in [4.78, 5) is 156. The van der Waals surface area contributed by atoms with Gasteiger partial charge in [-0.15, -0.1) is 0 Å². The van der Waals surface area contributed by atoms with Gasteiger partial charge in [-0.2, -0.15) is 0 Å². The summed E-state index contributed by atoms with van der Waals surface area (Å²) in [6.45, 7) is 24.7. The number of amides is 7. The molecule has 3 heterocycles. The molecule has 0 unspecified atom stereocenters. The Morgan fingerprint density at radius 1 is 0.520 bits per heavy atom. The summed E-state index contributed by atoms with van der Waals surface area (Å²) in [7, 11) is 0. The molecule has 0 spiro atoms. The molecule has 41 heteroatoms. The third kappa shape index (κ3) is 54.7. The number of nitrogens with one attached hydrogen (secondary N) is 7. The number of esters is 5. The maximum atomic E-state index is 13.7. The number of hydrogen-bond acceptors (Lipinski definition) is 27. The Morgan fingerprint density at radius 3 is 1.33 bits per heavy atom. The number of aliphatic carboxylic acids is 1. The lowest BCUT2D eigenvalue weighted by atomic mass is 10.0. The van der Waals surface area contributed by atoms with Crippen LogP contribution >= 0.6 is 0 Å². The zero-order valence-electron chi connectivity index (χ0n) is 69.1. The summed E-state index contributed by atoms with van der Waals surface area (Å²) in [5.74, 6) is -5.95. The molecule has 4 aromatic rings. The second-order valence-electron chi connectivity index (χ2n) is 28.8. The van der Waals surface area contributed by atoms with E-state index in [0.717, 1.165) is 34.5 Å². The third-order valence-corrected chi connectivity index (χ3v) is 15.0. The van der Waals surface area contributed by atoms with Crippen molar-refractivity contribution in [2.45, 2.75) is 204 Å². The molecule has 123 heavy (non-hydrogen) atoms. The largest absolute Gasteiger partial charge is 0.544 e. The lowest BCUT2D eigenvalue weighted by Crippen LogP contribution is -2.57. The second kappa shape index (κ2) is 62.9. The number of ether oxygens (including phenoxy) is 11. The molecule has 7 amide bonds. The number of alkyl halides is 2. The zero-order chi connectivity index (χ0) is 89.6. The Hall–Kier alpha value is -12.1. The molecule has 684 valence electrons. The van der Waals surface area contributed by atoms with E-state index in [0.29, 0.717) is 70.7 Å². The lowest BCUT2D eigenvalue weighted by Gasteiger charge is -2.27. The smallest absolute Gasteiger partial charge is 0.415 e. The number of carbonyl (C=O) groups is 13. The van der Waals surface area contributed by atoms with Gasteiger partial charge in [0.15, 0.2) is 0 Å². The number of carboxylic acids is 1. The number of cyclic esters (lactones) is 6. The molecule has 0 saturated carbocycles. The number of azide groups is 2. The maximum Gasteiger partial charge on any atom is 0.415 e. The van der Waals surface area contributed by atoms with Crippen LogP contribution in [0, 0.1) is 11.8 Å². The predicted octanol–water partition coefficient (Wildman–Crippen LogP) is 7.47. The van der Waals surface area contributed by atoms with Crippen molar-refractivity contribution in [2.75, 3.05) is 79.0 Å². The molecule has 0 aromatic heterocycles. The van der Waals surface area contributed by atoms with Crippen molar-refractivity contribution in [3.63, 3.8) is 0 Å². The highest BCUT2D eigenvalue weighted by Crippen LogP contribution is 2.20. The highest BCUT2D eigenvalue weighted by atomic mass is 19.3. The summed E-state index contributed by atoms with van der Waals surface area (Å²) in [5, 5.41) is 33.3. The molecule has 3 aliphatic rings. The Labute approximate surface area is 715 Å². The number of rotatable bonds is 42. The van der Waals surface area contributed by atoms with Gasteiger partial charge in [-0.05, 0) is 124 Å². The Bertz CT molecular complexity index is 3960. The van der Waals surface area contributed by atoms with Gasteiger partial charge >= 0.3 is 48.1 Å². The normalized spacial score (nSPS) is 14.7. The minimum atomic E-state index is -3.34. The Kier molecular flexibility index (Phi) is 57.8. The lowest BCUT2D eigenvalue weighted by molar-refractivity contribution is -0.374. The average molecular weight is 1740 g/mol. The molecule has 3 aliphatic heterocycles. The highest BCUT2D eigenvalue weighted by Gasteiger charge is 2.37. The summed E-state index contributed by atoms with van der Waals surface area (Å²) in [5.41, 5.74) is 22.2. The van der Waals surface area contributed by atoms with E-state index in [1.165, 1.54) is 6.92 Å². The van der Waals surface area contributed by atoms with E-state index in [2.05, 4.69) is 77.2 Å². The van der Waals surface area contributed by atoms with Crippen molar-refractivity contribution in [1.82, 2.24) is 37.2 Å². The van der Waals surface area contributed by atoms with Crippen LogP contribution in [0.15, 0.2) is 119 Å². The molecule has 10 N–H and O–H groups in total. The molecule has 3 fully saturated rings. The van der Waals surface area contributed by atoms with Crippen LogP contribution in [0.1, 0.15) is 146 Å². The minimum absolute atomic E-state index is 0. The SMILES string of the molecule is C.C.C.CC(=O)N[C@@H](Cc1ccc(OCc2ccccc2)cc1)C(=O)N[C@@H](CC(C)C)C(=O)N[C@@H](CC(=O)OC(C)(C)C)C(=O)NCCOCCOCCN=[N+]=[N-].CC(C)(C)OC(=O)C[C@@H]1NC(=O)OC1=O.CC(C)C[C@@H]1NC(=O)OC1=O.O=C([O-])C(F)F.O=C1N[C@@H](Cc2ccc(OCc3ccccc3)cc2)C(=O)O1.[N-]=[N+]=NCCOCCOCC[NH3+]. The van der Waals surface area contributed by atoms with E-state index in [4.69, 9.17) is 58.9 Å². The molecule has 39 nitrogen and oxygen atoms in total. The molecule has 3 saturated heterocycles. The first-order valence-electron chi connectivity index (χ1n) is 38.1. The number of hydrogen-bond donors (Lipinski definition) is 8. The van der Waals surface area contributed by atoms with E-state index < -0.39 is 138 Å². The van der Waals surface area contributed by atoms with Crippen LogP contribution in [0.5, 0.6) is 11.5 Å². The topological polar surface area (TPSA) is 556 Å². The second-order valence-corrected chi connectivity index (χ2v) is 28.8. The van der Waals surface area contributed by atoms with Crippen LogP contribution in [0.4, 0.5) is 23.2 Å². The first-order valence-corrected chi connectivity index (χ1v) is 38.1. The number of quaternary nitrogens is 1. The van der Waals surface area contributed by atoms with Gasteiger partial charge in [0.05, 0.1) is 72.2 Å². The number of carbonyl (C=O) groups excluding carboxylic acids is 13. The molecule has 0 radical (unpaired) electrons. The fourth-order valence-electron chi connectivity index (χ4n) is 9.90. The van der Waals surface area contributed by atoms with Gasteiger partial charge in [0.25, 0.3) is 6.43 Å². The van der Waals surface area contributed by atoms with E-state index in [1.54, 1.807) is 65.8 Å². The van der Waals surface area contributed by atoms with Crippen LogP contribution in [0.3, 0.4) is 0 Å². The van der Waals surface area contributed by atoms with Crippen molar-refractivity contribution in [3.8, 4) is 11.5 Å². The van der Waals surface area contributed by atoms with Gasteiger partial charge < -0.3 is 105 Å². The first-order chi connectivity index (χ1) is 56.8. The summed E-state index contributed by atoms with van der Waals surface area (Å²) >= 11 is 0. The number of alkyl carbamates (subject to hydrolysis) is 3. The predicted molar refractivity (Wildman–Crippen MR) is 442 cm³/mol. The van der Waals surface area contributed by atoms with Crippen LogP contribution in [0.2, 0.25) is 0 Å². The quantitative estimate of drug-likeness (QED) is 0.00405. The third-order valence-electron chi connectivity index (χ3n) is 15.0. The van der Waals surface area contributed by atoms with Crippen LogP contribution in [0.25, 0.3) is 20.9 Å². The van der Waals surface area contributed by atoms with Gasteiger partial charge in [-0.25, -0.2) is 37.5 Å². The Morgan fingerprint density at radius 2 is 0.927 bits per heavy atom. The molecule has 7 rings (SSSR count). The highest BCUT2D eigenvalue weighted by molar-refractivity contribution is 5.98. The van der Waals surface area contributed by atoms with Gasteiger partial charge in [-0.1, -0.05) is 145 Å². The van der Waals surface area contributed by atoms with Crippen molar-refractivity contribution in [1.29, 1.82) is 0 Å². The van der Waals surface area contributed by atoms with Crippen molar-refractivity contribution >= 4 is 77.7 Å². The van der Waals surface area contributed by atoms with Crippen molar-refractivity contribution in [3.05, 3.63) is 152 Å². The summed E-state index contributed by atoms with van der Waals surface area (Å²) in [6.07, 6.45) is -4.75. The number of carboxylic acid groups (broad SMARTS) is 1. The number of halogens is 2. The van der Waals surface area contributed by atoms with Crippen molar-refractivity contribution < 1.29 is 134 Å². The van der Waals surface area contributed by atoms with Gasteiger partial charge in [0, 0.05) is 49.2 Å². The van der Waals surface area contributed by atoms with Crippen LogP contribution < -0.4 is 57.5 Å².